The van der Waals surface area contributed by atoms with Gasteiger partial charge in [-0.2, -0.15) is 0 Å². The van der Waals surface area contributed by atoms with Gasteiger partial charge in [-0.05, 0) is 80.1 Å². The molecular formula is C30H44O4. The van der Waals surface area contributed by atoms with Crippen LogP contribution >= 0.6 is 0 Å². The minimum atomic E-state index is 0.00942. The molecule has 0 N–H and O–H groups in total. The second-order valence-electron chi connectivity index (χ2n) is 10.3. The normalized spacial score (nSPS) is 28.6. The fourth-order valence-corrected chi connectivity index (χ4v) is 5.73. The van der Waals surface area contributed by atoms with E-state index >= 15 is 0 Å². The Labute approximate surface area is 206 Å². The molecule has 3 atom stereocenters. The van der Waals surface area contributed by atoms with Crippen LogP contribution in [0.4, 0.5) is 0 Å². The zero-order valence-corrected chi connectivity index (χ0v) is 22.0. The third kappa shape index (κ3) is 6.25. The van der Waals surface area contributed by atoms with Gasteiger partial charge < -0.3 is 9.53 Å². The summed E-state index contributed by atoms with van der Waals surface area (Å²) in [5, 5.41) is 0. The first-order chi connectivity index (χ1) is 16.3. The molecule has 0 aromatic rings. The van der Waals surface area contributed by atoms with Crippen LogP contribution < -0.4 is 0 Å². The first kappa shape index (κ1) is 28.0. The van der Waals surface area contributed by atoms with Gasteiger partial charge >= 0.3 is 0 Å². The number of carbonyl (C=O) groups excluding carboxylic acids is 3. The molecule has 4 rings (SSSR count). The van der Waals surface area contributed by atoms with E-state index in [1.54, 1.807) is 22.8 Å². The van der Waals surface area contributed by atoms with Crippen molar-refractivity contribution in [1.29, 1.82) is 0 Å². The van der Waals surface area contributed by atoms with Crippen LogP contribution in [-0.4, -0.2) is 25.1 Å². The lowest BCUT2D eigenvalue weighted by Gasteiger charge is -2.48. The van der Waals surface area contributed by atoms with Gasteiger partial charge in [-0.25, -0.2) is 0 Å². The van der Waals surface area contributed by atoms with Crippen LogP contribution in [-0.2, 0) is 19.1 Å². The maximum Gasteiger partial charge on any atom is 0.293 e. The van der Waals surface area contributed by atoms with Gasteiger partial charge in [-0.15, -0.1) is 0 Å². The molecule has 4 nitrogen and oxygen atoms in total. The minimum absolute atomic E-state index is 0.00942. The molecule has 3 unspecified atom stereocenters. The SMILES string of the molecule is CC1CC=C2C3=C(CCC21C)C1(C)C=CC(=O)C=C1CC3.CCC=O.CCCCCCOC=O. The number of allylic oxidation sites excluding steroid dienone is 8. The monoisotopic (exact) mass is 468 g/mol. The number of unbranched alkanes of at least 4 members (excludes halogenated alkanes) is 3. The second kappa shape index (κ2) is 13.0. The number of rotatable bonds is 7. The van der Waals surface area contributed by atoms with Crippen LogP contribution in [0, 0.1) is 16.7 Å². The van der Waals surface area contributed by atoms with Crippen molar-refractivity contribution in [3.8, 4) is 0 Å². The van der Waals surface area contributed by atoms with Gasteiger partial charge in [0.05, 0.1) is 6.61 Å². The van der Waals surface area contributed by atoms with Gasteiger partial charge in [0, 0.05) is 11.8 Å². The standard InChI is InChI=1S/C20H24O.C7H14O2.C3H6O/c1-13-4-7-17-16-6-5-14-12-15(21)8-10-20(14,3)18(16)9-11-19(13,17)2;1-2-3-4-5-6-9-7-8;1-2-3-4/h7-8,10,12-13H,4-6,9,11H2,1-3H3;7H,2-6H2,1H3;3H,2H2,1H3. The Kier molecular flexibility index (Phi) is 10.7. The minimum Gasteiger partial charge on any atom is -0.468 e. The maximum absolute atomic E-state index is 11.7. The van der Waals surface area contributed by atoms with E-state index in [1.807, 2.05) is 13.0 Å². The van der Waals surface area contributed by atoms with Crippen molar-refractivity contribution in [2.24, 2.45) is 16.7 Å². The highest BCUT2D eigenvalue weighted by Gasteiger charge is 2.48. The molecule has 0 radical (unpaired) electrons. The lowest BCUT2D eigenvalue weighted by molar-refractivity contribution is -0.128. The smallest absolute Gasteiger partial charge is 0.293 e. The summed E-state index contributed by atoms with van der Waals surface area (Å²) >= 11 is 0. The van der Waals surface area contributed by atoms with Crippen LogP contribution in [0.1, 0.15) is 98.8 Å². The molecule has 188 valence electrons. The average Bonchev–Trinajstić information content (AvgIpc) is 3.14. The quantitative estimate of drug-likeness (QED) is 0.292. The highest BCUT2D eigenvalue weighted by molar-refractivity contribution is 6.01. The fourth-order valence-electron chi connectivity index (χ4n) is 5.73. The fraction of sp³-hybridized carbons (Fsp3) is 0.633. The number of hydrogen-bond donors (Lipinski definition) is 0. The van der Waals surface area contributed by atoms with Gasteiger partial charge in [0.15, 0.2) is 5.78 Å². The Morgan fingerprint density at radius 1 is 1.09 bits per heavy atom. The summed E-state index contributed by atoms with van der Waals surface area (Å²) in [5.74, 6) is 0.940. The van der Waals surface area contributed by atoms with Crippen molar-refractivity contribution in [3.05, 3.63) is 46.6 Å². The van der Waals surface area contributed by atoms with E-state index in [9.17, 15) is 14.4 Å². The van der Waals surface area contributed by atoms with E-state index in [2.05, 4.69) is 44.6 Å². The third-order valence-corrected chi connectivity index (χ3v) is 8.15. The van der Waals surface area contributed by atoms with E-state index in [0.29, 0.717) is 24.9 Å². The summed E-state index contributed by atoms with van der Waals surface area (Å²) in [7, 11) is 0. The Hall–Kier alpha value is -2.23. The molecule has 0 bridgehead atoms. The van der Waals surface area contributed by atoms with Crippen molar-refractivity contribution in [3.63, 3.8) is 0 Å². The molecule has 0 saturated carbocycles. The summed E-state index contributed by atoms with van der Waals surface area (Å²) in [6, 6.07) is 0. The summed E-state index contributed by atoms with van der Waals surface area (Å²) in [6.45, 7) is 12.2. The largest absolute Gasteiger partial charge is 0.468 e. The molecule has 0 saturated heterocycles. The number of ketones is 1. The highest BCUT2D eigenvalue weighted by atomic mass is 16.5. The molecule has 4 heteroatoms. The Balaban J connectivity index is 0.000000264. The highest BCUT2D eigenvalue weighted by Crippen LogP contribution is 2.61. The van der Waals surface area contributed by atoms with Gasteiger partial charge in [-0.1, -0.05) is 70.3 Å². The topological polar surface area (TPSA) is 60.4 Å². The first-order valence-corrected chi connectivity index (χ1v) is 13.1. The Morgan fingerprint density at radius 2 is 1.82 bits per heavy atom. The van der Waals surface area contributed by atoms with Gasteiger partial charge in [0.25, 0.3) is 6.47 Å². The van der Waals surface area contributed by atoms with E-state index in [4.69, 9.17) is 0 Å². The van der Waals surface area contributed by atoms with Crippen LogP contribution in [0.15, 0.2) is 46.6 Å². The van der Waals surface area contributed by atoms with Crippen LogP contribution in [0.3, 0.4) is 0 Å². The Morgan fingerprint density at radius 3 is 2.47 bits per heavy atom. The molecule has 0 aromatic heterocycles. The number of hydrogen-bond acceptors (Lipinski definition) is 4. The number of carbonyl (C=O) groups is 3. The van der Waals surface area contributed by atoms with Gasteiger partial charge in [0.1, 0.15) is 6.29 Å². The van der Waals surface area contributed by atoms with Crippen LogP contribution in [0.5, 0.6) is 0 Å². The lowest BCUT2D eigenvalue weighted by Crippen LogP contribution is -2.36. The van der Waals surface area contributed by atoms with E-state index in [0.717, 1.165) is 31.5 Å². The molecule has 0 heterocycles. The van der Waals surface area contributed by atoms with E-state index in [-0.39, 0.29) is 11.2 Å². The molecule has 4 aliphatic rings. The predicted molar refractivity (Wildman–Crippen MR) is 138 cm³/mol. The predicted octanol–water partition coefficient (Wildman–Crippen LogP) is 7.25. The van der Waals surface area contributed by atoms with Crippen molar-refractivity contribution in [2.45, 2.75) is 98.8 Å². The maximum atomic E-state index is 11.7. The van der Waals surface area contributed by atoms with Crippen molar-refractivity contribution >= 4 is 18.5 Å². The zero-order chi connectivity index (χ0) is 25.2. The summed E-state index contributed by atoms with van der Waals surface area (Å²) in [5.41, 5.74) is 6.61. The zero-order valence-electron chi connectivity index (χ0n) is 22.0. The number of aldehydes is 1. The molecule has 0 fully saturated rings. The summed E-state index contributed by atoms with van der Waals surface area (Å²) in [4.78, 5) is 30.5. The molecular weight excluding hydrogens is 424 g/mol. The van der Waals surface area contributed by atoms with E-state index < -0.39 is 0 Å². The molecule has 34 heavy (non-hydrogen) atoms. The summed E-state index contributed by atoms with van der Waals surface area (Å²) < 4.78 is 4.50. The number of ether oxygens (including phenoxy) is 1. The van der Waals surface area contributed by atoms with Gasteiger partial charge in [-0.3, -0.25) is 9.59 Å². The summed E-state index contributed by atoms with van der Waals surface area (Å²) in [6.07, 6.45) is 20.4. The number of fused-ring (bicyclic) bond motifs is 4. The third-order valence-electron chi connectivity index (χ3n) is 8.15. The first-order valence-electron chi connectivity index (χ1n) is 13.1. The molecule has 0 aromatic carbocycles. The van der Waals surface area contributed by atoms with Crippen LogP contribution in [0.2, 0.25) is 0 Å². The van der Waals surface area contributed by atoms with E-state index in [1.165, 1.54) is 44.1 Å². The van der Waals surface area contributed by atoms with Crippen molar-refractivity contribution in [1.82, 2.24) is 0 Å². The van der Waals surface area contributed by atoms with Crippen LogP contribution in [0.25, 0.3) is 0 Å². The van der Waals surface area contributed by atoms with Crippen molar-refractivity contribution in [2.75, 3.05) is 6.61 Å². The second-order valence-corrected chi connectivity index (χ2v) is 10.3. The molecule has 0 aliphatic heterocycles. The van der Waals surface area contributed by atoms with Gasteiger partial charge in [0.2, 0.25) is 0 Å². The molecule has 0 spiro atoms. The Bertz CT molecular complexity index is 859. The molecule has 4 aliphatic carbocycles. The van der Waals surface area contributed by atoms with Crippen molar-refractivity contribution < 1.29 is 19.1 Å². The average molecular weight is 469 g/mol. The molecule has 0 amide bonds. The lowest BCUT2D eigenvalue weighted by atomic mass is 9.56.